The first-order valence-corrected chi connectivity index (χ1v) is 9.43. The van der Waals surface area contributed by atoms with Gasteiger partial charge in [-0.05, 0) is 71.1 Å². The van der Waals surface area contributed by atoms with Gasteiger partial charge in [0.15, 0.2) is 5.70 Å². The van der Waals surface area contributed by atoms with Gasteiger partial charge in [-0.1, -0.05) is 12.1 Å². The van der Waals surface area contributed by atoms with Crippen LogP contribution in [0.1, 0.15) is 16.9 Å². The van der Waals surface area contributed by atoms with E-state index in [9.17, 15) is 18.0 Å². The summed E-state index contributed by atoms with van der Waals surface area (Å²) in [6.45, 7) is 0. The van der Waals surface area contributed by atoms with Crippen LogP contribution in [0.25, 0.3) is 17.4 Å². The summed E-state index contributed by atoms with van der Waals surface area (Å²) in [4.78, 5) is 16.3. The average Bonchev–Trinajstić information content (AvgIpc) is 3.29. The quantitative estimate of drug-likeness (QED) is 0.251. The molecule has 0 aliphatic carbocycles. The van der Waals surface area contributed by atoms with Gasteiger partial charge in [0.05, 0.1) is 5.56 Å². The molecule has 1 aromatic heterocycles. The number of hydrogen-bond acceptors (Lipinski definition) is 4. The van der Waals surface area contributed by atoms with Crippen LogP contribution < -0.4 is 0 Å². The first-order chi connectivity index (χ1) is 13.8. The van der Waals surface area contributed by atoms with E-state index in [0.717, 1.165) is 15.7 Å². The van der Waals surface area contributed by atoms with E-state index < -0.39 is 17.7 Å². The highest BCUT2D eigenvalue weighted by molar-refractivity contribution is 14.1. The second-order valence-electron chi connectivity index (χ2n) is 6.12. The molecule has 4 nitrogen and oxygen atoms in total. The summed E-state index contributed by atoms with van der Waals surface area (Å²) in [5.74, 6) is 0.0750. The number of hydrogen-bond donors (Lipinski definition) is 0. The zero-order valence-electron chi connectivity index (χ0n) is 14.5. The molecular weight excluding hydrogens is 498 g/mol. The zero-order valence-corrected chi connectivity index (χ0v) is 16.7. The summed E-state index contributed by atoms with van der Waals surface area (Å²) in [5.41, 5.74) is 0.216. The number of esters is 1. The number of furan rings is 1. The van der Waals surface area contributed by atoms with Gasteiger partial charge in [0.2, 0.25) is 5.90 Å². The summed E-state index contributed by atoms with van der Waals surface area (Å²) < 4.78 is 50.5. The summed E-state index contributed by atoms with van der Waals surface area (Å²) in [6, 6.07) is 15.2. The maximum atomic E-state index is 12.9. The van der Waals surface area contributed by atoms with Gasteiger partial charge in [-0.25, -0.2) is 9.79 Å². The Morgan fingerprint density at radius 2 is 1.72 bits per heavy atom. The Morgan fingerprint density at radius 3 is 2.45 bits per heavy atom. The number of carbonyl (C=O) groups excluding carboxylic acids is 1. The van der Waals surface area contributed by atoms with Crippen LogP contribution in [0.3, 0.4) is 0 Å². The van der Waals surface area contributed by atoms with Crippen molar-refractivity contribution >= 4 is 40.5 Å². The van der Waals surface area contributed by atoms with Gasteiger partial charge in [0.1, 0.15) is 11.5 Å². The maximum Gasteiger partial charge on any atom is 0.416 e. The number of rotatable bonds is 3. The molecule has 29 heavy (non-hydrogen) atoms. The molecule has 0 saturated heterocycles. The monoisotopic (exact) mass is 509 g/mol. The van der Waals surface area contributed by atoms with Crippen LogP contribution >= 0.6 is 22.6 Å². The summed E-state index contributed by atoms with van der Waals surface area (Å²) in [7, 11) is 0. The third kappa shape index (κ3) is 4.26. The molecule has 0 amide bonds. The predicted molar refractivity (Wildman–Crippen MR) is 109 cm³/mol. The smallest absolute Gasteiger partial charge is 0.416 e. The Balaban J connectivity index is 1.61. The Kier molecular flexibility index (Phi) is 5.03. The van der Waals surface area contributed by atoms with Gasteiger partial charge < -0.3 is 9.15 Å². The third-order valence-corrected chi connectivity index (χ3v) is 4.81. The van der Waals surface area contributed by atoms with E-state index in [0.29, 0.717) is 5.56 Å². The number of benzene rings is 2. The van der Waals surface area contributed by atoms with Crippen LogP contribution in [0.5, 0.6) is 0 Å². The van der Waals surface area contributed by atoms with E-state index in [-0.39, 0.29) is 28.7 Å². The standard InChI is InChI=1S/C21H11F3INO3/c22-21(23,24)14-3-1-2-13(10-14)18-9-8-16(28-18)11-17-20(27)29-19(26-17)12-4-6-15(25)7-5-12/h1-11H. The van der Waals surface area contributed by atoms with Crippen molar-refractivity contribution in [2.24, 2.45) is 4.99 Å². The molecule has 8 heteroatoms. The molecule has 0 spiro atoms. The van der Waals surface area contributed by atoms with Crippen LogP contribution in [0.15, 0.2) is 75.8 Å². The lowest BCUT2D eigenvalue weighted by molar-refractivity contribution is -0.137. The molecule has 0 atom stereocenters. The first kappa shape index (κ1) is 19.4. The van der Waals surface area contributed by atoms with Crippen molar-refractivity contribution in [2.75, 3.05) is 0 Å². The van der Waals surface area contributed by atoms with Crippen LogP contribution in [0.2, 0.25) is 0 Å². The molecule has 2 heterocycles. The topological polar surface area (TPSA) is 51.8 Å². The van der Waals surface area contributed by atoms with Crippen LogP contribution in [0, 0.1) is 3.57 Å². The summed E-state index contributed by atoms with van der Waals surface area (Å²) >= 11 is 2.16. The SMILES string of the molecule is O=C1OC(c2ccc(I)cc2)=NC1=Cc1ccc(-c2cccc(C(F)(F)F)c2)o1. The molecule has 3 aromatic rings. The van der Waals surface area contributed by atoms with Gasteiger partial charge in [-0.3, -0.25) is 0 Å². The van der Waals surface area contributed by atoms with E-state index in [4.69, 9.17) is 9.15 Å². The fourth-order valence-electron chi connectivity index (χ4n) is 2.69. The van der Waals surface area contributed by atoms with E-state index in [1.54, 1.807) is 18.2 Å². The zero-order chi connectivity index (χ0) is 20.6. The number of alkyl halides is 3. The number of nitrogens with zero attached hydrogens (tertiary/aromatic N) is 1. The maximum absolute atomic E-state index is 12.9. The molecule has 2 aromatic carbocycles. The molecular formula is C21H11F3INO3. The number of ether oxygens (including phenoxy) is 1. The van der Waals surface area contributed by atoms with Gasteiger partial charge >= 0.3 is 12.1 Å². The van der Waals surface area contributed by atoms with E-state index in [1.165, 1.54) is 24.3 Å². The largest absolute Gasteiger partial charge is 0.457 e. The van der Waals surface area contributed by atoms with Crippen LogP contribution in [-0.2, 0) is 15.7 Å². The average molecular weight is 509 g/mol. The van der Waals surface area contributed by atoms with Crippen molar-refractivity contribution in [3.8, 4) is 11.3 Å². The van der Waals surface area contributed by atoms with Gasteiger partial charge in [-0.15, -0.1) is 0 Å². The van der Waals surface area contributed by atoms with E-state index in [1.807, 2.05) is 12.1 Å². The van der Waals surface area contributed by atoms with Crippen molar-refractivity contribution in [1.82, 2.24) is 0 Å². The second kappa shape index (κ2) is 7.51. The van der Waals surface area contributed by atoms with E-state index >= 15 is 0 Å². The lowest BCUT2D eigenvalue weighted by Gasteiger charge is -2.07. The normalized spacial score (nSPS) is 15.5. The summed E-state index contributed by atoms with van der Waals surface area (Å²) in [5, 5.41) is 0. The fourth-order valence-corrected chi connectivity index (χ4v) is 3.05. The minimum absolute atomic E-state index is 0.0449. The minimum Gasteiger partial charge on any atom is -0.457 e. The summed E-state index contributed by atoms with van der Waals surface area (Å²) in [6.07, 6.45) is -3.05. The van der Waals surface area contributed by atoms with Gasteiger partial charge in [-0.2, -0.15) is 13.2 Å². The van der Waals surface area contributed by atoms with Crippen molar-refractivity contribution in [2.45, 2.75) is 6.18 Å². The molecule has 0 fully saturated rings. The fraction of sp³-hybridized carbons (Fsp3) is 0.0476. The molecule has 0 saturated carbocycles. The minimum atomic E-state index is -4.44. The third-order valence-electron chi connectivity index (χ3n) is 4.09. The lowest BCUT2D eigenvalue weighted by atomic mass is 10.1. The highest BCUT2D eigenvalue weighted by Gasteiger charge is 2.30. The Morgan fingerprint density at radius 1 is 0.966 bits per heavy atom. The molecule has 4 rings (SSSR count). The lowest BCUT2D eigenvalue weighted by Crippen LogP contribution is -2.05. The molecule has 0 radical (unpaired) electrons. The number of cyclic esters (lactones) is 1. The van der Waals surface area contributed by atoms with Crippen molar-refractivity contribution < 1.29 is 27.1 Å². The van der Waals surface area contributed by atoms with Crippen molar-refractivity contribution in [3.63, 3.8) is 0 Å². The second-order valence-corrected chi connectivity index (χ2v) is 7.37. The van der Waals surface area contributed by atoms with Crippen molar-refractivity contribution in [1.29, 1.82) is 0 Å². The first-order valence-electron chi connectivity index (χ1n) is 8.35. The molecule has 0 bridgehead atoms. The highest BCUT2D eigenvalue weighted by atomic mass is 127. The van der Waals surface area contributed by atoms with Gasteiger partial charge in [0.25, 0.3) is 0 Å². The predicted octanol–water partition coefficient (Wildman–Crippen LogP) is 5.91. The number of carbonyl (C=O) groups is 1. The Bertz CT molecular complexity index is 1140. The van der Waals surface area contributed by atoms with Crippen molar-refractivity contribution in [3.05, 3.63) is 86.8 Å². The van der Waals surface area contributed by atoms with Crippen LogP contribution in [-0.4, -0.2) is 11.9 Å². The molecule has 0 unspecified atom stereocenters. The Hall–Kier alpha value is -2.88. The molecule has 0 N–H and O–H groups in total. The number of halogens is 4. The molecule has 1 aliphatic rings. The molecule has 1 aliphatic heterocycles. The highest BCUT2D eigenvalue weighted by Crippen LogP contribution is 2.33. The van der Waals surface area contributed by atoms with E-state index in [2.05, 4.69) is 27.6 Å². The Labute approximate surface area is 176 Å². The van der Waals surface area contributed by atoms with Crippen LogP contribution in [0.4, 0.5) is 13.2 Å². The van der Waals surface area contributed by atoms with Gasteiger partial charge in [0, 0.05) is 20.8 Å². The number of aliphatic imine (C=N–C) groups is 1. The molecule has 146 valence electrons.